The minimum Gasteiger partial charge on any atom is -0.336 e. The van der Waals surface area contributed by atoms with Gasteiger partial charge < -0.3 is 10.6 Å². The van der Waals surface area contributed by atoms with Crippen LogP contribution in [-0.2, 0) is 0 Å². The zero-order chi connectivity index (χ0) is 18.3. The largest absolute Gasteiger partial charge is 0.336 e. The predicted octanol–water partition coefficient (Wildman–Crippen LogP) is 3.42. The lowest BCUT2D eigenvalue weighted by atomic mass is 9.95. The summed E-state index contributed by atoms with van der Waals surface area (Å²) in [6.07, 6.45) is 0. The summed E-state index contributed by atoms with van der Waals surface area (Å²) >= 11 is 0. The maximum atomic E-state index is 13.1. The number of likely N-dealkylation sites (tertiary alicyclic amines) is 1. The molecule has 0 radical (unpaired) electrons. The maximum Gasteiger partial charge on any atom is 0.255 e. The van der Waals surface area contributed by atoms with Crippen LogP contribution in [0, 0.1) is 13.8 Å². The van der Waals surface area contributed by atoms with Crippen LogP contribution in [0.4, 0.5) is 0 Å². The molecule has 1 aliphatic rings. The first-order chi connectivity index (χ1) is 12.5. The number of hydrogen-bond acceptors (Lipinski definition) is 3. The van der Waals surface area contributed by atoms with Crippen molar-refractivity contribution in [3.8, 4) is 0 Å². The van der Waals surface area contributed by atoms with Crippen LogP contribution < -0.4 is 5.73 Å². The minimum atomic E-state index is -0.0442. The van der Waals surface area contributed by atoms with E-state index in [1.807, 2.05) is 55.1 Å². The monoisotopic (exact) mass is 345 g/mol. The molecule has 3 aromatic rings. The zero-order valence-corrected chi connectivity index (χ0v) is 15.1. The van der Waals surface area contributed by atoms with Gasteiger partial charge in [-0.15, -0.1) is 0 Å². The number of rotatable bonds is 2. The number of carbonyl (C=O) groups is 1. The standard InChI is InChI=1S/C22H23N3O/c1-14-8-9-21-17(10-14)11-18(15(2)24-21)22(26)25-12-19(20(23)13-25)16-6-4-3-5-7-16/h3-11,19-20H,12-13,23H2,1-2H3/t19-,20+/m0/s1. The highest BCUT2D eigenvalue weighted by Gasteiger charge is 2.34. The fourth-order valence-electron chi connectivity index (χ4n) is 3.83. The Morgan fingerprint density at radius 3 is 2.62 bits per heavy atom. The Kier molecular flexibility index (Phi) is 4.21. The van der Waals surface area contributed by atoms with Gasteiger partial charge in [0.15, 0.2) is 0 Å². The molecule has 2 aromatic carbocycles. The molecule has 1 aromatic heterocycles. The quantitative estimate of drug-likeness (QED) is 0.774. The average molecular weight is 345 g/mol. The summed E-state index contributed by atoms with van der Waals surface area (Å²) in [5.74, 6) is 0.198. The Bertz CT molecular complexity index is 968. The second-order valence-electron chi connectivity index (χ2n) is 7.21. The molecule has 0 bridgehead atoms. The van der Waals surface area contributed by atoms with Crippen molar-refractivity contribution in [1.29, 1.82) is 0 Å². The van der Waals surface area contributed by atoms with Gasteiger partial charge in [0.1, 0.15) is 0 Å². The van der Waals surface area contributed by atoms with Crippen molar-refractivity contribution in [3.05, 3.63) is 77.0 Å². The minimum absolute atomic E-state index is 0.0206. The highest BCUT2D eigenvalue weighted by molar-refractivity contribution is 5.99. The molecule has 2 heterocycles. The normalized spacial score (nSPS) is 19.9. The van der Waals surface area contributed by atoms with Crippen molar-refractivity contribution < 1.29 is 4.79 Å². The first-order valence-corrected chi connectivity index (χ1v) is 9.01. The van der Waals surface area contributed by atoms with E-state index in [9.17, 15) is 4.79 Å². The first-order valence-electron chi connectivity index (χ1n) is 9.01. The summed E-state index contributed by atoms with van der Waals surface area (Å²) in [5.41, 5.74) is 11.1. The fraction of sp³-hybridized carbons (Fsp3) is 0.273. The van der Waals surface area contributed by atoms with Gasteiger partial charge in [-0.25, -0.2) is 0 Å². The van der Waals surface area contributed by atoms with E-state index in [4.69, 9.17) is 5.73 Å². The Morgan fingerprint density at radius 1 is 1.08 bits per heavy atom. The van der Waals surface area contributed by atoms with E-state index < -0.39 is 0 Å². The molecule has 1 saturated heterocycles. The maximum absolute atomic E-state index is 13.1. The number of carbonyl (C=O) groups excluding carboxylic acids is 1. The zero-order valence-electron chi connectivity index (χ0n) is 15.1. The molecule has 0 saturated carbocycles. The number of aromatic nitrogens is 1. The molecule has 0 spiro atoms. The van der Waals surface area contributed by atoms with Crippen LogP contribution in [0.1, 0.15) is 33.1 Å². The number of benzene rings is 2. The van der Waals surface area contributed by atoms with Crippen LogP contribution in [0.3, 0.4) is 0 Å². The molecular formula is C22H23N3O. The van der Waals surface area contributed by atoms with Crippen molar-refractivity contribution in [2.24, 2.45) is 5.73 Å². The highest BCUT2D eigenvalue weighted by atomic mass is 16.2. The number of hydrogen-bond donors (Lipinski definition) is 1. The van der Waals surface area contributed by atoms with Crippen molar-refractivity contribution in [2.75, 3.05) is 13.1 Å². The summed E-state index contributed by atoms with van der Waals surface area (Å²) in [7, 11) is 0. The number of aryl methyl sites for hydroxylation is 2. The Balaban J connectivity index is 1.64. The molecule has 1 aliphatic heterocycles. The molecule has 0 unspecified atom stereocenters. The lowest BCUT2D eigenvalue weighted by Gasteiger charge is -2.18. The van der Waals surface area contributed by atoms with E-state index in [-0.39, 0.29) is 17.9 Å². The van der Waals surface area contributed by atoms with E-state index in [0.717, 1.165) is 22.2 Å². The van der Waals surface area contributed by atoms with E-state index in [2.05, 4.69) is 23.2 Å². The molecule has 4 rings (SSSR count). The third-order valence-electron chi connectivity index (χ3n) is 5.27. The average Bonchev–Trinajstić information content (AvgIpc) is 3.03. The van der Waals surface area contributed by atoms with Gasteiger partial charge in [-0.2, -0.15) is 0 Å². The Hall–Kier alpha value is -2.72. The number of fused-ring (bicyclic) bond motifs is 1. The van der Waals surface area contributed by atoms with Gasteiger partial charge in [-0.05, 0) is 37.6 Å². The summed E-state index contributed by atoms with van der Waals surface area (Å²) in [4.78, 5) is 19.6. The second-order valence-corrected chi connectivity index (χ2v) is 7.21. The molecule has 1 fully saturated rings. The molecule has 2 N–H and O–H groups in total. The van der Waals surface area contributed by atoms with E-state index in [0.29, 0.717) is 18.7 Å². The molecule has 132 valence electrons. The molecule has 26 heavy (non-hydrogen) atoms. The van der Waals surface area contributed by atoms with Gasteiger partial charge in [0.05, 0.1) is 16.8 Å². The van der Waals surface area contributed by atoms with Crippen molar-refractivity contribution in [1.82, 2.24) is 9.88 Å². The van der Waals surface area contributed by atoms with Gasteiger partial charge in [0.25, 0.3) is 5.91 Å². The third kappa shape index (κ3) is 2.97. The first kappa shape index (κ1) is 16.7. The number of nitrogens with zero attached hydrogens (tertiary/aromatic N) is 2. The van der Waals surface area contributed by atoms with E-state index >= 15 is 0 Å². The van der Waals surface area contributed by atoms with Gasteiger partial charge in [0, 0.05) is 30.4 Å². The van der Waals surface area contributed by atoms with E-state index in [1.165, 1.54) is 5.56 Å². The number of nitrogens with two attached hydrogens (primary N) is 1. The molecule has 4 heteroatoms. The van der Waals surface area contributed by atoms with Crippen molar-refractivity contribution in [2.45, 2.75) is 25.8 Å². The molecule has 0 aliphatic carbocycles. The lowest BCUT2D eigenvalue weighted by molar-refractivity contribution is 0.0788. The van der Waals surface area contributed by atoms with Gasteiger partial charge in [-0.3, -0.25) is 9.78 Å². The van der Waals surface area contributed by atoms with Crippen LogP contribution in [0.15, 0.2) is 54.6 Å². The second kappa shape index (κ2) is 6.54. The van der Waals surface area contributed by atoms with Gasteiger partial charge in [0.2, 0.25) is 0 Å². The van der Waals surface area contributed by atoms with Crippen LogP contribution in [0.5, 0.6) is 0 Å². The predicted molar refractivity (Wildman–Crippen MR) is 104 cm³/mol. The Morgan fingerprint density at radius 2 is 1.85 bits per heavy atom. The third-order valence-corrected chi connectivity index (χ3v) is 5.27. The van der Waals surface area contributed by atoms with Gasteiger partial charge >= 0.3 is 0 Å². The highest BCUT2D eigenvalue weighted by Crippen LogP contribution is 2.28. The fourth-order valence-corrected chi connectivity index (χ4v) is 3.83. The summed E-state index contributed by atoms with van der Waals surface area (Å²) in [6.45, 7) is 5.17. The van der Waals surface area contributed by atoms with Crippen molar-refractivity contribution in [3.63, 3.8) is 0 Å². The summed E-state index contributed by atoms with van der Waals surface area (Å²) < 4.78 is 0. The summed E-state index contributed by atoms with van der Waals surface area (Å²) in [5, 5.41) is 1.00. The molecular weight excluding hydrogens is 322 g/mol. The smallest absolute Gasteiger partial charge is 0.255 e. The topological polar surface area (TPSA) is 59.2 Å². The van der Waals surface area contributed by atoms with Crippen molar-refractivity contribution >= 4 is 16.8 Å². The van der Waals surface area contributed by atoms with Crippen LogP contribution >= 0.6 is 0 Å². The van der Waals surface area contributed by atoms with Crippen LogP contribution in [-0.4, -0.2) is 34.9 Å². The summed E-state index contributed by atoms with van der Waals surface area (Å²) in [6, 6.07) is 18.3. The SMILES string of the molecule is Cc1ccc2nc(C)c(C(=O)N3C[C@@H](N)[C@H](c4ccccc4)C3)cc2c1. The molecule has 2 atom stereocenters. The lowest BCUT2D eigenvalue weighted by Crippen LogP contribution is -2.32. The van der Waals surface area contributed by atoms with Crippen LogP contribution in [0.2, 0.25) is 0 Å². The van der Waals surface area contributed by atoms with Crippen LogP contribution in [0.25, 0.3) is 10.9 Å². The number of pyridine rings is 1. The Labute approximate surface area is 153 Å². The molecule has 1 amide bonds. The number of amides is 1. The van der Waals surface area contributed by atoms with Gasteiger partial charge in [-0.1, -0.05) is 42.0 Å². The van der Waals surface area contributed by atoms with E-state index in [1.54, 1.807) is 0 Å². The molecule has 4 nitrogen and oxygen atoms in total.